The Morgan fingerprint density at radius 2 is 2.06 bits per heavy atom. The third kappa shape index (κ3) is 3.06. The van der Waals surface area contributed by atoms with Gasteiger partial charge in [0.05, 0.1) is 22.8 Å². The lowest BCUT2D eigenvalue weighted by Crippen LogP contribution is -2.00. The van der Waals surface area contributed by atoms with Crippen molar-refractivity contribution >= 4 is 28.9 Å². The summed E-state index contributed by atoms with van der Waals surface area (Å²) in [7, 11) is 1.59. The Balaban J connectivity index is 2.04. The summed E-state index contributed by atoms with van der Waals surface area (Å²) >= 11 is 12.0. The van der Waals surface area contributed by atoms with Gasteiger partial charge in [0.1, 0.15) is 0 Å². The smallest absolute Gasteiger partial charge is 0.212 e. The van der Waals surface area contributed by atoms with E-state index >= 15 is 0 Å². The minimum absolute atomic E-state index is 0.528. The van der Waals surface area contributed by atoms with E-state index in [0.717, 1.165) is 11.3 Å². The zero-order valence-corrected chi connectivity index (χ0v) is 11.3. The van der Waals surface area contributed by atoms with Gasteiger partial charge in [-0.15, -0.1) is 0 Å². The molecule has 94 valence electrons. The Kier molecular flexibility index (Phi) is 4.28. The second-order valence-corrected chi connectivity index (χ2v) is 4.45. The molecule has 1 N–H and O–H groups in total. The normalized spacial score (nSPS) is 10.2. The van der Waals surface area contributed by atoms with Crippen LogP contribution in [0, 0.1) is 0 Å². The molecule has 0 saturated heterocycles. The molecule has 0 aliphatic heterocycles. The van der Waals surface area contributed by atoms with E-state index in [1.54, 1.807) is 19.4 Å². The maximum Gasteiger partial charge on any atom is 0.212 e. The van der Waals surface area contributed by atoms with E-state index < -0.39 is 0 Å². The van der Waals surface area contributed by atoms with Gasteiger partial charge in [0.25, 0.3) is 0 Å². The monoisotopic (exact) mass is 282 g/mol. The van der Waals surface area contributed by atoms with Gasteiger partial charge < -0.3 is 10.1 Å². The van der Waals surface area contributed by atoms with Gasteiger partial charge in [-0.05, 0) is 17.7 Å². The standard InChI is InChI=1S/C13H12Cl2N2O/c1-18-12-6-5-9(8-17-12)7-16-11-4-2-3-10(14)13(11)15/h2-6,8,16H,7H2,1H3. The molecule has 1 aromatic heterocycles. The van der Waals surface area contributed by atoms with E-state index in [4.69, 9.17) is 27.9 Å². The summed E-state index contributed by atoms with van der Waals surface area (Å²) in [5.74, 6) is 0.597. The number of anilines is 1. The molecular weight excluding hydrogens is 271 g/mol. The molecule has 3 nitrogen and oxygen atoms in total. The maximum atomic E-state index is 6.08. The average molecular weight is 283 g/mol. The lowest BCUT2D eigenvalue weighted by atomic mass is 10.2. The zero-order valence-electron chi connectivity index (χ0n) is 9.78. The van der Waals surface area contributed by atoms with Crippen molar-refractivity contribution in [2.45, 2.75) is 6.54 Å². The van der Waals surface area contributed by atoms with Crippen LogP contribution in [0.15, 0.2) is 36.5 Å². The minimum Gasteiger partial charge on any atom is -0.481 e. The fraction of sp³-hybridized carbons (Fsp3) is 0.154. The van der Waals surface area contributed by atoms with Crippen LogP contribution in [0.5, 0.6) is 5.88 Å². The van der Waals surface area contributed by atoms with E-state index in [1.807, 2.05) is 24.3 Å². The highest BCUT2D eigenvalue weighted by molar-refractivity contribution is 6.43. The van der Waals surface area contributed by atoms with Crippen molar-refractivity contribution < 1.29 is 4.74 Å². The van der Waals surface area contributed by atoms with E-state index in [9.17, 15) is 0 Å². The molecule has 0 bridgehead atoms. The van der Waals surface area contributed by atoms with Crippen LogP contribution in [0.1, 0.15) is 5.56 Å². The number of aromatic nitrogens is 1. The Morgan fingerprint density at radius 1 is 1.22 bits per heavy atom. The summed E-state index contributed by atoms with van der Waals surface area (Å²) in [5.41, 5.74) is 1.84. The molecule has 0 saturated carbocycles. The lowest BCUT2D eigenvalue weighted by molar-refractivity contribution is 0.397. The molecule has 0 atom stereocenters. The van der Waals surface area contributed by atoms with Crippen molar-refractivity contribution in [2.75, 3.05) is 12.4 Å². The molecule has 0 aliphatic rings. The number of rotatable bonds is 4. The van der Waals surface area contributed by atoms with Crippen LogP contribution in [-0.4, -0.2) is 12.1 Å². The third-order valence-electron chi connectivity index (χ3n) is 2.44. The number of nitrogens with zero attached hydrogens (tertiary/aromatic N) is 1. The molecule has 0 aliphatic carbocycles. The van der Waals surface area contributed by atoms with Crippen molar-refractivity contribution in [1.82, 2.24) is 4.98 Å². The zero-order chi connectivity index (χ0) is 13.0. The summed E-state index contributed by atoms with van der Waals surface area (Å²) in [6.07, 6.45) is 1.75. The van der Waals surface area contributed by atoms with Gasteiger partial charge in [0.15, 0.2) is 0 Å². The molecule has 2 aromatic rings. The van der Waals surface area contributed by atoms with Gasteiger partial charge in [0, 0.05) is 18.8 Å². The molecule has 0 radical (unpaired) electrons. The van der Waals surface area contributed by atoms with Gasteiger partial charge in [0.2, 0.25) is 5.88 Å². The quantitative estimate of drug-likeness (QED) is 0.920. The first-order valence-electron chi connectivity index (χ1n) is 5.37. The van der Waals surface area contributed by atoms with Crippen LogP contribution < -0.4 is 10.1 Å². The largest absolute Gasteiger partial charge is 0.481 e. The molecular formula is C13H12Cl2N2O. The van der Waals surface area contributed by atoms with Crippen molar-refractivity contribution in [2.24, 2.45) is 0 Å². The van der Waals surface area contributed by atoms with Crippen LogP contribution in [0.2, 0.25) is 10.0 Å². The van der Waals surface area contributed by atoms with Crippen LogP contribution in [0.25, 0.3) is 0 Å². The van der Waals surface area contributed by atoms with E-state index in [1.165, 1.54) is 0 Å². The third-order valence-corrected chi connectivity index (χ3v) is 3.26. The molecule has 0 amide bonds. The number of methoxy groups -OCH3 is 1. The number of benzene rings is 1. The highest BCUT2D eigenvalue weighted by atomic mass is 35.5. The van der Waals surface area contributed by atoms with Crippen LogP contribution in [-0.2, 0) is 6.54 Å². The number of halogens is 2. The number of hydrogen-bond donors (Lipinski definition) is 1. The molecule has 18 heavy (non-hydrogen) atoms. The first-order chi connectivity index (χ1) is 8.70. The van der Waals surface area contributed by atoms with Crippen molar-refractivity contribution in [3.8, 4) is 5.88 Å². The summed E-state index contributed by atoms with van der Waals surface area (Å²) in [6, 6.07) is 9.24. The maximum absolute atomic E-state index is 6.08. The fourth-order valence-corrected chi connectivity index (χ4v) is 1.84. The van der Waals surface area contributed by atoms with Gasteiger partial charge in [-0.3, -0.25) is 0 Å². The topological polar surface area (TPSA) is 34.1 Å². The second-order valence-electron chi connectivity index (χ2n) is 3.66. The molecule has 5 heteroatoms. The lowest BCUT2D eigenvalue weighted by Gasteiger charge is -2.09. The molecule has 0 fully saturated rings. The number of ether oxygens (including phenoxy) is 1. The highest BCUT2D eigenvalue weighted by Gasteiger charge is 2.03. The minimum atomic E-state index is 0.528. The average Bonchev–Trinajstić information content (AvgIpc) is 2.41. The second kappa shape index (κ2) is 5.94. The van der Waals surface area contributed by atoms with Crippen LogP contribution in [0.3, 0.4) is 0 Å². The Morgan fingerprint density at radius 3 is 2.72 bits per heavy atom. The van der Waals surface area contributed by atoms with Gasteiger partial charge in [-0.2, -0.15) is 0 Å². The Labute approximate surface area is 116 Å². The number of hydrogen-bond acceptors (Lipinski definition) is 3. The summed E-state index contributed by atoms with van der Waals surface area (Å²) in [6.45, 7) is 0.622. The number of pyridine rings is 1. The number of nitrogens with one attached hydrogen (secondary N) is 1. The molecule has 2 rings (SSSR count). The first kappa shape index (κ1) is 13.0. The molecule has 0 unspecified atom stereocenters. The van der Waals surface area contributed by atoms with E-state index in [-0.39, 0.29) is 0 Å². The van der Waals surface area contributed by atoms with E-state index in [2.05, 4.69) is 10.3 Å². The molecule has 0 spiro atoms. The highest BCUT2D eigenvalue weighted by Crippen LogP contribution is 2.29. The van der Waals surface area contributed by atoms with Crippen LogP contribution >= 0.6 is 23.2 Å². The summed E-state index contributed by atoms with van der Waals surface area (Å²) in [5, 5.41) is 4.28. The fourth-order valence-electron chi connectivity index (χ4n) is 1.47. The Bertz CT molecular complexity index is 529. The van der Waals surface area contributed by atoms with Gasteiger partial charge >= 0.3 is 0 Å². The SMILES string of the molecule is COc1ccc(CNc2cccc(Cl)c2Cl)cn1. The molecule has 1 heterocycles. The molecule has 1 aromatic carbocycles. The van der Waals surface area contributed by atoms with Crippen molar-refractivity contribution in [3.63, 3.8) is 0 Å². The Hall–Kier alpha value is -1.45. The van der Waals surface area contributed by atoms with Gasteiger partial charge in [-0.1, -0.05) is 35.3 Å². The van der Waals surface area contributed by atoms with Crippen molar-refractivity contribution in [1.29, 1.82) is 0 Å². The van der Waals surface area contributed by atoms with Crippen LogP contribution in [0.4, 0.5) is 5.69 Å². The predicted octanol–water partition coefficient (Wildman–Crippen LogP) is 4.01. The predicted molar refractivity (Wildman–Crippen MR) is 74.6 cm³/mol. The first-order valence-corrected chi connectivity index (χ1v) is 6.13. The van der Waals surface area contributed by atoms with Gasteiger partial charge in [-0.25, -0.2) is 4.98 Å². The van der Waals surface area contributed by atoms with E-state index in [0.29, 0.717) is 22.5 Å². The summed E-state index contributed by atoms with van der Waals surface area (Å²) in [4.78, 5) is 4.13. The summed E-state index contributed by atoms with van der Waals surface area (Å²) < 4.78 is 5.00. The van der Waals surface area contributed by atoms with Crippen molar-refractivity contribution in [3.05, 3.63) is 52.1 Å².